The summed E-state index contributed by atoms with van der Waals surface area (Å²) < 4.78 is 5.14. The molecule has 1 unspecified atom stereocenters. The second kappa shape index (κ2) is 11.1. The second-order valence-corrected chi connectivity index (χ2v) is 6.62. The number of piperidine rings is 1. The number of guanidine groups is 1. The van der Waals surface area contributed by atoms with Gasteiger partial charge in [-0.15, -0.1) is 24.0 Å². The molecule has 2 heterocycles. The lowest BCUT2D eigenvalue weighted by Crippen LogP contribution is -2.47. The molecule has 2 aliphatic heterocycles. The van der Waals surface area contributed by atoms with Gasteiger partial charge in [0, 0.05) is 32.7 Å². The number of likely N-dealkylation sites (tertiary alicyclic amines) is 2. The Morgan fingerprint density at radius 2 is 1.92 bits per heavy atom. The van der Waals surface area contributed by atoms with Crippen LogP contribution in [0, 0.1) is 11.8 Å². The maximum atomic E-state index is 11.8. The van der Waals surface area contributed by atoms with Gasteiger partial charge in [-0.3, -0.25) is 9.79 Å². The Bertz CT molecular complexity index is 411. The Labute approximate surface area is 163 Å². The number of carbonyl (C=O) groups excluding carboxylic acids is 1. The molecule has 2 aliphatic rings. The molecule has 2 saturated heterocycles. The van der Waals surface area contributed by atoms with Gasteiger partial charge in [0.05, 0.1) is 12.5 Å². The molecule has 2 rings (SSSR count). The molecular formula is C17H33IN4O2. The first-order valence-corrected chi connectivity index (χ1v) is 9.02. The number of aliphatic imine (C=N–C) groups is 1. The molecule has 0 aromatic carbocycles. The summed E-state index contributed by atoms with van der Waals surface area (Å²) >= 11 is 0. The summed E-state index contributed by atoms with van der Waals surface area (Å²) in [4.78, 5) is 21.4. The van der Waals surface area contributed by atoms with Crippen LogP contribution in [-0.2, 0) is 9.53 Å². The first kappa shape index (κ1) is 21.5. The van der Waals surface area contributed by atoms with Crippen molar-refractivity contribution in [3.8, 4) is 0 Å². The van der Waals surface area contributed by atoms with Crippen LogP contribution in [0.15, 0.2) is 4.99 Å². The van der Waals surface area contributed by atoms with Crippen LogP contribution < -0.4 is 5.32 Å². The zero-order valence-corrected chi connectivity index (χ0v) is 17.6. The summed E-state index contributed by atoms with van der Waals surface area (Å²) in [5.41, 5.74) is 0. The fourth-order valence-electron chi connectivity index (χ4n) is 3.40. The summed E-state index contributed by atoms with van der Waals surface area (Å²) in [6, 6.07) is 0. The Balaban J connectivity index is 0.00000288. The fourth-order valence-corrected chi connectivity index (χ4v) is 3.40. The third-order valence-electron chi connectivity index (χ3n) is 4.74. The van der Waals surface area contributed by atoms with Gasteiger partial charge in [0.2, 0.25) is 0 Å². The molecule has 7 heteroatoms. The molecule has 24 heavy (non-hydrogen) atoms. The fraction of sp³-hybridized carbons (Fsp3) is 0.882. The first-order chi connectivity index (χ1) is 11.1. The van der Waals surface area contributed by atoms with Crippen molar-refractivity contribution in [2.45, 2.75) is 33.1 Å². The number of esters is 1. The molecule has 140 valence electrons. The molecule has 0 saturated carbocycles. The number of carbonyl (C=O) groups is 1. The highest BCUT2D eigenvalue weighted by Gasteiger charge is 2.27. The minimum absolute atomic E-state index is 0. The highest BCUT2D eigenvalue weighted by atomic mass is 127. The molecule has 0 aromatic rings. The molecule has 0 aromatic heterocycles. The number of hydrogen-bond donors (Lipinski definition) is 1. The Morgan fingerprint density at radius 3 is 2.46 bits per heavy atom. The third-order valence-corrected chi connectivity index (χ3v) is 4.74. The van der Waals surface area contributed by atoms with Crippen LogP contribution in [0.25, 0.3) is 0 Å². The average molecular weight is 452 g/mol. The zero-order valence-electron chi connectivity index (χ0n) is 15.3. The van der Waals surface area contributed by atoms with Gasteiger partial charge in [-0.1, -0.05) is 0 Å². The standard InChI is InChI=1S/C17H32N4O2.HI/c1-4-18-17(19-12-14-6-9-20(3)13-14)21-10-7-15(8-11-21)16(22)23-5-2;/h14-15H,4-13H2,1-3H3,(H,18,19);1H. The molecule has 0 radical (unpaired) electrons. The first-order valence-electron chi connectivity index (χ1n) is 9.02. The summed E-state index contributed by atoms with van der Waals surface area (Å²) in [6.07, 6.45) is 2.95. The van der Waals surface area contributed by atoms with Gasteiger partial charge in [-0.25, -0.2) is 0 Å². The Hall–Kier alpha value is -0.570. The lowest BCUT2D eigenvalue weighted by molar-refractivity contribution is -0.149. The van der Waals surface area contributed by atoms with E-state index in [4.69, 9.17) is 9.73 Å². The van der Waals surface area contributed by atoms with Crippen LogP contribution in [0.4, 0.5) is 0 Å². The van der Waals surface area contributed by atoms with E-state index in [1.54, 1.807) is 0 Å². The van der Waals surface area contributed by atoms with E-state index in [9.17, 15) is 4.79 Å². The number of ether oxygens (including phenoxy) is 1. The van der Waals surface area contributed by atoms with Crippen LogP contribution >= 0.6 is 24.0 Å². The molecule has 1 atom stereocenters. The molecule has 0 amide bonds. The van der Waals surface area contributed by atoms with Gasteiger partial charge >= 0.3 is 5.97 Å². The highest BCUT2D eigenvalue weighted by Crippen LogP contribution is 2.19. The predicted molar refractivity (Wildman–Crippen MR) is 108 cm³/mol. The van der Waals surface area contributed by atoms with Gasteiger partial charge in [-0.05, 0) is 52.6 Å². The van der Waals surface area contributed by atoms with Gasteiger partial charge < -0.3 is 19.9 Å². The van der Waals surface area contributed by atoms with Crippen LogP contribution in [0.2, 0.25) is 0 Å². The Kier molecular flexibility index (Phi) is 9.95. The molecular weight excluding hydrogens is 419 g/mol. The van der Waals surface area contributed by atoms with Gasteiger partial charge in [0.1, 0.15) is 0 Å². The van der Waals surface area contributed by atoms with Crippen molar-refractivity contribution in [1.29, 1.82) is 0 Å². The maximum absolute atomic E-state index is 11.8. The molecule has 2 fully saturated rings. The van der Waals surface area contributed by atoms with E-state index in [-0.39, 0.29) is 35.9 Å². The summed E-state index contributed by atoms with van der Waals surface area (Å²) in [5, 5.41) is 3.40. The zero-order chi connectivity index (χ0) is 16.7. The Morgan fingerprint density at radius 1 is 1.21 bits per heavy atom. The predicted octanol–water partition coefficient (Wildman–Crippen LogP) is 1.80. The SMILES string of the molecule is CCNC(=NCC1CCN(C)C1)N1CCC(C(=O)OCC)CC1.I. The number of rotatable bonds is 5. The van der Waals surface area contributed by atoms with Crippen molar-refractivity contribution in [3.63, 3.8) is 0 Å². The van der Waals surface area contributed by atoms with Crippen molar-refractivity contribution < 1.29 is 9.53 Å². The van der Waals surface area contributed by atoms with Crippen molar-refractivity contribution in [1.82, 2.24) is 15.1 Å². The lowest BCUT2D eigenvalue weighted by atomic mass is 9.97. The van der Waals surface area contributed by atoms with Crippen LogP contribution in [0.1, 0.15) is 33.1 Å². The molecule has 6 nitrogen and oxygen atoms in total. The maximum Gasteiger partial charge on any atom is 0.309 e. The summed E-state index contributed by atoms with van der Waals surface area (Å²) in [6.45, 7) is 10.3. The molecule has 1 N–H and O–H groups in total. The number of nitrogens with one attached hydrogen (secondary N) is 1. The van der Waals surface area contributed by atoms with E-state index in [0.29, 0.717) is 12.5 Å². The van der Waals surface area contributed by atoms with Gasteiger partial charge in [0.15, 0.2) is 5.96 Å². The monoisotopic (exact) mass is 452 g/mol. The molecule has 0 aliphatic carbocycles. The van der Waals surface area contributed by atoms with E-state index in [1.165, 1.54) is 13.0 Å². The summed E-state index contributed by atoms with van der Waals surface area (Å²) in [7, 11) is 2.18. The highest BCUT2D eigenvalue weighted by molar-refractivity contribution is 14.0. The minimum atomic E-state index is -0.0388. The number of halogens is 1. The van der Waals surface area contributed by atoms with Crippen LogP contribution in [0.5, 0.6) is 0 Å². The smallest absolute Gasteiger partial charge is 0.309 e. The largest absolute Gasteiger partial charge is 0.466 e. The van der Waals surface area contributed by atoms with E-state index in [2.05, 4.69) is 29.1 Å². The van der Waals surface area contributed by atoms with Gasteiger partial charge in [0.25, 0.3) is 0 Å². The average Bonchev–Trinajstić information content (AvgIpc) is 2.97. The van der Waals surface area contributed by atoms with E-state index < -0.39 is 0 Å². The summed E-state index contributed by atoms with van der Waals surface area (Å²) in [5.74, 6) is 1.69. The van der Waals surface area contributed by atoms with Crippen molar-refractivity contribution >= 4 is 35.9 Å². The number of hydrogen-bond acceptors (Lipinski definition) is 4. The molecule has 0 bridgehead atoms. The van der Waals surface area contributed by atoms with Crippen LogP contribution in [-0.4, -0.2) is 74.7 Å². The molecule has 0 spiro atoms. The van der Waals surface area contributed by atoms with Gasteiger partial charge in [-0.2, -0.15) is 0 Å². The lowest BCUT2D eigenvalue weighted by Gasteiger charge is -2.33. The normalized spacial score (nSPS) is 23.0. The number of nitrogens with zero attached hydrogens (tertiary/aromatic N) is 3. The minimum Gasteiger partial charge on any atom is -0.466 e. The quantitative estimate of drug-likeness (QED) is 0.299. The van der Waals surface area contributed by atoms with Crippen molar-refractivity contribution in [3.05, 3.63) is 0 Å². The van der Waals surface area contributed by atoms with E-state index in [0.717, 1.165) is 51.5 Å². The van der Waals surface area contributed by atoms with Crippen molar-refractivity contribution in [2.24, 2.45) is 16.8 Å². The topological polar surface area (TPSA) is 57.2 Å². The second-order valence-electron chi connectivity index (χ2n) is 6.62. The van der Waals surface area contributed by atoms with Crippen molar-refractivity contribution in [2.75, 3.05) is 52.9 Å². The van der Waals surface area contributed by atoms with Crippen LogP contribution in [0.3, 0.4) is 0 Å². The third kappa shape index (κ3) is 6.38. The van der Waals surface area contributed by atoms with E-state index >= 15 is 0 Å². The van der Waals surface area contributed by atoms with E-state index in [1.807, 2.05) is 6.92 Å².